The van der Waals surface area contributed by atoms with Crippen LogP contribution < -0.4 is 5.32 Å². The Hall–Kier alpha value is -0.330. The first kappa shape index (κ1) is 17.7. The second-order valence-electron chi connectivity index (χ2n) is 6.08. The van der Waals surface area contributed by atoms with Crippen molar-refractivity contribution in [3.63, 3.8) is 0 Å². The smallest absolute Gasteiger partial charge is 0.379 e. The number of ether oxygens (including phenoxy) is 2. The number of nitrogens with one attached hydrogen (secondary N) is 1. The number of rotatable bonds is 7. The number of alkyl halides is 3. The Bertz CT molecular complexity index is 282. The highest BCUT2D eigenvalue weighted by molar-refractivity contribution is 4.80. The van der Waals surface area contributed by atoms with Gasteiger partial charge in [-0.3, -0.25) is 0 Å². The molecule has 1 aliphatic rings. The van der Waals surface area contributed by atoms with E-state index in [-0.39, 0.29) is 17.7 Å². The van der Waals surface area contributed by atoms with E-state index in [0.29, 0.717) is 6.42 Å². The molecule has 0 bridgehead atoms. The Kier molecular flexibility index (Phi) is 6.75. The molecule has 6 heteroatoms. The summed E-state index contributed by atoms with van der Waals surface area (Å²) in [5.41, 5.74) is -0.173. The molecule has 0 aliphatic heterocycles. The Labute approximate surface area is 119 Å². The first-order valence-electron chi connectivity index (χ1n) is 7.19. The Morgan fingerprint density at radius 1 is 1.20 bits per heavy atom. The van der Waals surface area contributed by atoms with E-state index in [1.54, 1.807) is 7.11 Å². The molecule has 120 valence electrons. The van der Waals surface area contributed by atoms with Crippen molar-refractivity contribution in [3.05, 3.63) is 0 Å². The number of hydrogen-bond donors (Lipinski definition) is 1. The van der Waals surface area contributed by atoms with Gasteiger partial charge in [0.2, 0.25) is 0 Å². The van der Waals surface area contributed by atoms with Crippen LogP contribution in [0.25, 0.3) is 0 Å². The van der Waals surface area contributed by atoms with Crippen molar-refractivity contribution < 1.29 is 22.6 Å². The highest BCUT2D eigenvalue weighted by atomic mass is 19.4. The van der Waals surface area contributed by atoms with Crippen LogP contribution in [-0.4, -0.2) is 44.2 Å². The molecule has 3 nitrogen and oxygen atoms in total. The number of halogens is 3. The van der Waals surface area contributed by atoms with Crippen molar-refractivity contribution in [1.82, 2.24) is 5.32 Å². The molecule has 1 saturated carbocycles. The van der Waals surface area contributed by atoms with Gasteiger partial charge < -0.3 is 14.8 Å². The first-order chi connectivity index (χ1) is 9.22. The third kappa shape index (κ3) is 7.45. The molecule has 1 fully saturated rings. The van der Waals surface area contributed by atoms with Crippen LogP contribution in [0.3, 0.4) is 0 Å². The van der Waals surface area contributed by atoms with Crippen LogP contribution in [0.2, 0.25) is 0 Å². The minimum absolute atomic E-state index is 0.173. The van der Waals surface area contributed by atoms with E-state index in [1.807, 2.05) is 13.8 Å². The molecule has 20 heavy (non-hydrogen) atoms. The molecule has 0 saturated heterocycles. The molecule has 2 atom stereocenters. The van der Waals surface area contributed by atoms with Crippen molar-refractivity contribution in [2.45, 2.75) is 69.9 Å². The average molecular weight is 297 g/mol. The summed E-state index contributed by atoms with van der Waals surface area (Å²) < 4.78 is 46.7. The second-order valence-corrected chi connectivity index (χ2v) is 6.08. The van der Waals surface area contributed by atoms with Crippen molar-refractivity contribution in [2.24, 2.45) is 0 Å². The van der Waals surface area contributed by atoms with Gasteiger partial charge in [0.05, 0.1) is 11.7 Å². The van der Waals surface area contributed by atoms with Crippen LogP contribution in [0.5, 0.6) is 0 Å². The fourth-order valence-corrected chi connectivity index (χ4v) is 2.37. The van der Waals surface area contributed by atoms with Gasteiger partial charge in [-0.25, -0.2) is 0 Å². The van der Waals surface area contributed by atoms with Gasteiger partial charge in [-0.05, 0) is 52.5 Å². The molecule has 1 N–H and O–H groups in total. The van der Waals surface area contributed by atoms with Crippen molar-refractivity contribution in [1.29, 1.82) is 0 Å². The Balaban J connectivity index is 2.24. The molecule has 0 amide bonds. The van der Waals surface area contributed by atoms with Crippen LogP contribution in [0.4, 0.5) is 13.2 Å². The number of methoxy groups -OCH3 is 1. The zero-order valence-corrected chi connectivity index (χ0v) is 12.6. The lowest BCUT2D eigenvalue weighted by Gasteiger charge is -2.31. The molecular formula is C14H26F3NO2. The maximum atomic E-state index is 12.1. The van der Waals surface area contributed by atoms with Crippen LogP contribution in [0, 0.1) is 0 Å². The van der Waals surface area contributed by atoms with Crippen LogP contribution >= 0.6 is 0 Å². The standard InChI is InChI=1S/C14H26F3NO2/c1-13(2,19-3)7-8-18-11-5-4-6-12(9-11)20-10-14(15,16)17/h11-12,18H,4-10H2,1-3H3. The molecule has 2 unspecified atom stereocenters. The quantitative estimate of drug-likeness (QED) is 0.782. The van der Waals surface area contributed by atoms with Crippen molar-refractivity contribution >= 4 is 0 Å². The predicted molar refractivity (Wildman–Crippen MR) is 71.8 cm³/mol. The Morgan fingerprint density at radius 2 is 1.90 bits per heavy atom. The monoisotopic (exact) mass is 297 g/mol. The summed E-state index contributed by atoms with van der Waals surface area (Å²) in [6, 6.07) is 0.245. The normalized spacial score (nSPS) is 24.9. The van der Waals surface area contributed by atoms with Crippen LogP contribution in [0.1, 0.15) is 46.0 Å². The number of hydrogen-bond acceptors (Lipinski definition) is 3. The van der Waals surface area contributed by atoms with E-state index in [1.165, 1.54) is 0 Å². The fraction of sp³-hybridized carbons (Fsp3) is 1.00. The zero-order chi connectivity index (χ0) is 15.2. The van der Waals surface area contributed by atoms with Crippen molar-refractivity contribution in [3.8, 4) is 0 Å². The minimum Gasteiger partial charge on any atom is -0.379 e. The topological polar surface area (TPSA) is 30.5 Å². The summed E-state index contributed by atoms with van der Waals surface area (Å²) >= 11 is 0. The van der Waals surface area contributed by atoms with Gasteiger partial charge in [0.15, 0.2) is 0 Å². The molecule has 0 aromatic carbocycles. The first-order valence-corrected chi connectivity index (χ1v) is 7.19. The largest absolute Gasteiger partial charge is 0.411 e. The van der Waals surface area contributed by atoms with E-state index in [9.17, 15) is 13.2 Å². The maximum absolute atomic E-state index is 12.1. The van der Waals surface area contributed by atoms with Crippen molar-refractivity contribution in [2.75, 3.05) is 20.3 Å². The highest BCUT2D eigenvalue weighted by Gasteiger charge is 2.31. The van der Waals surface area contributed by atoms with Gasteiger partial charge in [-0.2, -0.15) is 13.2 Å². The van der Waals surface area contributed by atoms with E-state index in [4.69, 9.17) is 9.47 Å². The summed E-state index contributed by atoms with van der Waals surface area (Å²) in [5, 5.41) is 3.40. The highest BCUT2D eigenvalue weighted by Crippen LogP contribution is 2.24. The lowest BCUT2D eigenvalue weighted by molar-refractivity contribution is -0.188. The molecule has 0 spiro atoms. The molecule has 1 rings (SSSR count). The van der Waals surface area contributed by atoms with Crippen LogP contribution in [0.15, 0.2) is 0 Å². The summed E-state index contributed by atoms with van der Waals surface area (Å²) in [7, 11) is 1.68. The van der Waals surface area contributed by atoms with Gasteiger partial charge in [0, 0.05) is 13.2 Å². The molecule has 1 aliphatic carbocycles. The Morgan fingerprint density at radius 3 is 2.50 bits per heavy atom. The lowest BCUT2D eigenvalue weighted by Crippen LogP contribution is -2.40. The summed E-state index contributed by atoms with van der Waals surface area (Å²) in [4.78, 5) is 0. The lowest BCUT2D eigenvalue weighted by atomic mass is 9.92. The van der Waals surface area contributed by atoms with Gasteiger partial charge in [0.1, 0.15) is 6.61 Å². The van der Waals surface area contributed by atoms with Gasteiger partial charge in [-0.15, -0.1) is 0 Å². The zero-order valence-electron chi connectivity index (χ0n) is 12.6. The van der Waals surface area contributed by atoms with E-state index >= 15 is 0 Å². The predicted octanol–water partition coefficient (Wildman–Crippen LogP) is 3.28. The molecule has 0 heterocycles. The van der Waals surface area contributed by atoms with Gasteiger partial charge in [-0.1, -0.05) is 0 Å². The molecular weight excluding hydrogens is 271 g/mol. The fourth-order valence-electron chi connectivity index (χ4n) is 2.37. The van der Waals surface area contributed by atoms with Crippen LogP contribution in [-0.2, 0) is 9.47 Å². The third-order valence-corrected chi connectivity index (χ3v) is 3.82. The van der Waals surface area contributed by atoms with E-state index in [0.717, 1.165) is 32.2 Å². The summed E-state index contributed by atoms with van der Waals surface area (Å²) in [5.74, 6) is 0. The molecule has 0 aromatic rings. The van der Waals surface area contributed by atoms with Gasteiger partial charge >= 0.3 is 6.18 Å². The third-order valence-electron chi connectivity index (χ3n) is 3.82. The van der Waals surface area contributed by atoms with Gasteiger partial charge in [0.25, 0.3) is 0 Å². The second kappa shape index (κ2) is 7.61. The molecule has 0 radical (unpaired) electrons. The van der Waals surface area contributed by atoms with E-state index in [2.05, 4.69) is 5.32 Å². The summed E-state index contributed by atoms with van der Waals surface area (Å²) in [6.45, 7) is 3.70. The maximum Gasteiger partial charge on any atom is 0.411 e. The molecule has 0 aromatic heterocycles. The van der Waals surface area contributed by atoms with E-state index < -0.39 is 12.8 Å². The minimum atomic E-state index is -4.23. The summed E-state index contributed by atoms with van der Waals surface area (Å²) in [6.07, 6.45) is -0.357. The SMILES string of the molecule is COC(C)(C)CCNC1CCCC(OCC(F)(F)F)C1. The average Bonchev–Trinajstić information content (AvgIpc) is 2.36.